The van der Waals surface area contributed by atoms with Crippen LogP contribution in [0.1, 0.15) is 5.56 Å². The van der Waals surface area contributed by atoms with Crippen LogP contribution in [0.2, 0.25) is 10.0 Å². The number of halogens is 3. The van der Waals surface area contributed by atoms with Gasteiger partial charge >= 0.3 is 0 Å². The van der Waals surface area contributed by atoms with Gasteiger partial charge in [-0.1, -0.05) is 29.3 Å². The number of nitrogens with two attached hydrogens (primary N) is 1. The van der Waals surface area contributed by atoms with Gasteiger partial charge in [-0.15, -0.1) is 12.4 Å². The predicted octanol–water partition coefficient (Wildman–Crippen LogP) is 2.92. The zero-order valence-corrected chi connectivity index (χ0v) is 8.72. The van der Waals surface area contributed by atoms with Gasteiger partial charge in [0.05, 0.1) is 10.0 Å². The van der Waals surface area contributed by atoms with E-state index in [1.54, 1.807) is 6.07 Å². The first kappa shape index (κ1) is 12.0. The van der Waals surface area contributed by atoms with Crippen molar-refractivity contribution < 1.29 is 0 Å². The second-order valence-corrected chi connectivity index (χ2v) is 3.10. The fraction of sp³-hybridized carbons (Fsp3) is 0.250. The quantitative estimate of drug-likeness (QED) is 0.824. The van der Waals surface area contributed by atoms with Crippen LogP contribution in [-0.4, -0.2) is 6.54 Å². The molecule has 0 bridgehead atoms. The van der Waals surface area contributed by atoms with Gasteiger partial charge in [0, 0.05) is 0 Å². The Morgan fingerprint density at radius 2 is 1.83 bits per heavy atom. The molecule has 1 aromatic carbocycles. The van der Waals surface area contributed by atoms with Crippen molar-refractivity contribution in [3.8, 4) is 0 Å². The Kier molecular flexibility index (Phi) is 5.68. The molecule has 0 amide bonds. The van der Waals surface area contributed by atoms with E-state index in [4.69, 9.17) is 28.9 Å². The monoisotopic (exact) mass is 225 g/mol. The zero-order valence-electron chi connectivity index (χ0n) is 6.39. The molecule has 68 valence electrons. The minimum atomic E-state index is 0. The summed E-state index contributed by atoms with van der Waals surface area (Å²) in [6.45, 7) is 0.637. The van der Waals surface area contributed by atoms with Crippen LogP contribution in [0.5, 0.6) is 0 Å². The molecule has 0 unspecified atom stereocenters. The van der Waals surface area contributed by atoms with E-state index < -0.39 is 0 Å². The van der Waals surface area contributed by atoms with E-state index in [2.05, 4.69) is 0 Å². The molecule has 0 spiro atoms. The van der Waals surface area contributed by atoms with Crippen molar-refractivity contribution in [3.05, 3.63) is 33.8 Å². The molecular weight excluding hydrogens is 216 g/mol. The predicted molar refractivity (Wildman–Crippen MR) is 56.5 cm³/mol. The SMILES string of the molecule is Cl.NCCc1ccc(Cl)c(Cl)c1. The lowest BCUT2D eigenvalue weighted by Gasteiger charge is -1.99. The highest BCUT2D eigenvalue weighted by Crippen LogP contribution is 2.22. The molecule has 12 heavy (non-hydrogen) atoms. The zero-order chi connectivity index (χ0) is 8.27. The van der Waals surface area contributed by atoms with E-state index in [1.165, 1.54) is 0 Å². The van der Waals surface area contributed by atoms with Crippen molar-refractivity contribution in [3.63, 3.8) is 0 Å². The van der Waals surface area contributed by atoms with Crippen LogP contribution in [0.3, 0.4) is 0 Å². The van der Waals surface area contributed by atoms with Gasteiger partial charge in [-0.3, -0.25) is 0 Å². The van der Waals surface area contributed by atoms with Crippen LogP contribution in [0.25, 0.3) is 0 Å². The average Bonchev–Trinajstić information content (AvgIpc) is 1.98. The van der Waals surface area contributed by atoms with Gasteiger partial charge in [0.15, 0.2) is 0 Å². The summed E-state index contributed by atoms with van der Waals surface area (Å²) in [4.78, 5) is 0. The molecule has 0 aromatic heterocycles. The minimum Gasteiger partial charge on any atom is -0.330 e. The van der Waals surface area contributed by atoms with Crippen molar-refractivity contribution >= 4 is 35.6 Å². The van der Waals surface area contributed by atoms with Gasteiger partial charge in [0.25, 0.3) is 0 Å². The van der Waals surface area contributed by atoms with Crippen LogP contribution in [0.15, 0.2) is 18.2 Å². The first-order valence-corrected chi connectivity index (χ1v) is 4.13. The summed E-state index contributed by atoms with van der Waals surface area (Å²) in [6, 6.07) is 5.56. The van der Waals surface area contributed by atoms with Crippen LogP contribution in [0, 0.1) is 0 Å². The summed E-state index contributed by atoms with van der Waals surface area (Å²) in [7, 11) is 0. The molecule has 1 nitrogen and oxygen atoms in total. The van der Waals surface area contributed by atoms with Gasteiger partial charge in [-0.05, 0) is 30.7 Å². The van der Waals surface area contributed by atoms with E-state index >= 15 is 0 Å². The first-order chi connectivity index (χ1) is 5.24. The summed E-state index contributed by atoms with van der Waals surface area (Å²) in [6.07, 6.45) is 0.844. The van der Waals surface area contributed by atoms with Gasteiger partial charge < -0.3 is 5.73 Å². The summed E-state index contributed by atoms with van der Waals surface area (Å²) in [5.74, 6) is 0. The Morgan fingerprint density at radius 1 is 1.17 bits per heavy atom. The maximum Gasteiger partial charge on any atom is 0.0595 e. The highest BCUT2D eigenvalue weighted by atomic mass is 35.5. The molecule has 4 heteroatoms. The molecule has 0 heterocycles. The lowest BCUT2D eigenvalue weighted by atomic mass is 10.1. The Morgan fingerprint density at radius 3 is 2.33 bits per heavy atom. The molecule has 0 atom stereocenters. The highest BCUT2D eigenvalue weighted by Gasteiger charge is 1.97. The molecule has 1 aromatic rings. The Labute approximate surface area is 88.3 Å². The second-order valence-electron chi connectivity index (χ2n) is 2.29. The molecule has 0 saturated carbocycles. The third-order valence-electron chi connectivity index (χ3n) is 1.42. The summed E-state index contributed by atoms with van der Waals surface area (Å²) in [5.41, 5.74) is 6.50. The Hall–Kier alpha value is 0.0500. The van der Waals surface area contributed by atoms with Crippen LogP contribution in [0.4, 0.5) is 0 Å². The molecule has 0 aliphatic rings. The largest absolute Gasteiger partial charge is 0.330 e. The van der Waals surface area contributed by atoms with Crippen LogP contribution >= 0.6 is 35.6 Å². The van der Waals surface area contributed by atoms with Crippen LogP contribution in [-0.2, 0) is 6.42 Å². The lowest BCUT2D eigenvalue weighted by Crippen LogP contribution is -2.02. The van der Waals surface area contributed by atoms with Crippen molar-refractivity contribution in [2.45, 2.75) is 6.42 Å². The molecule has 0 aliphatic heterocycles. The van der Waals surface area contributed by atoms with E-state index in [9.17, 15) is 0 Å². The molecule has 0 radical (unpaired) electrons. The number of benzene rings is 1. The maximum absolute atomic E-state index is 5.78. The Balaban J connectivity index is 0.00000121. The normalized spacial score (nSPS) is 9.25. The summed E-state index contributed by atoms with van der Waals surface area (Å²) < 4.78 is 0. The molecule has 0 saturated heterocycles. The maximum atomic E-state index is 5.78. The average molecular weight is 227 g/mol. The first-order valence-electron chi connectivity index (χ1n) is 3.38. The van der Waals surface area contributed by atoms with E-state index in [1.807, 2.05) is 12.1 Å². The topological polar surface area (TPSA) is 26.0 Å². The highest BCUT2D eigenvalue weighted by molar-refractivity contribution is 6.42. The molecule has 0 fully saturated rings. The van der Waals surface area contributed by atoms with Crippen molar-refractivity contribution in [2.75, 3.05) is 6.54 Å². The molecular formula is C8H10Cl3N. The molecule has 2 N–H and O–H groups in total. The fourth-order valence-corrected chi connectivity index (χ4v) is 1.18. The number of hydrogen-bond acceptors (Lipinski definition) is 1. The van der Waals surface area contributed by atoms with Gasteiger partial charge in [0.1, 0.15) is 0 Å². The van der Waals surface area contributed by atoms with Crippen LogP contribution < -0.4 is 5.73 Å². The second kappa shape index (κ2) is 5.65. The summed E-state index contributed by atoms with van der Waals surface area (Å²) >= 11 is 11.5. The molecule has 0 aliphatic carbocycles. The van der Waals surface area contributed by atoms with Crippen molar-refractivity contribution in [1.82, 2.24) is 0 Å². The third-order valence-corrected chi connectivity index (χ3v) is 2.16. The summed E-state index contributed by atoms with van der Waals surface area (Å²) in [5, 5.41) is 1.19. The van der Waals surface area contributed by atoms with Gasteiger partial charge in [0.2, 0.25) is 0 Å². The van der Waals surface area contributed by atoms with E-state index in [0.29, 0.717) is 16.6 Å². The number of hydrogen-bond donors (Lipinski definition) is 1. The standard InChI is InChI=1S/C8H9Cl2N.ClH/c9-7-2-1-6(3-4-11)5-8(7)10;/h1-2,5H,3-4,11H2;1H. The lowest BCUT2D eigenvalue weighted by molar-refractivity contribution is 0.969. The van der Waals surface area contributed by atoms with Gasteiger partial charge in [-0.2, -0.15) is 0 Å². The minimum absolute atomic E-state index is 0. The van der Waals surface area contributed by atoms with Crippen molar-refractivity contribution in [2.24, 2.45) is 5.73 Å². The molecule has 1 rings (SSSR count). The van der Waals surface area contributed by atoms with E-state index in [0.717, 1.165) is 12.0 Å². The number of rotatable bonds is 2. The van der Waals surface area contributed by atoms with E-state index in [-0.39, 0.29) is 12.4 Å². The Bertz CT molecular complexity index is 250. The van der Waals surface area contributed by atoms with Gasteiger partial charge in [-0.25, -0.2) is 0 Å². The fourth-order valence-electron chi connectivity index (χ4n) is 0.862. The third kappa shape index (κ3) is 3.20. The van der Waals surface area contributed by atoms with Crippen molar-refractivity contribution in [1.29, 1.82) is 0 Å². The smallest absolute Gasteiger partial charge is 0.0595 e.